The van der Waals surface area contributed by atoms with E-state index in [1.165, 1.54) is 0 Å². The quantitative estimate of drug-likeness (QED) is 0.723. The van der Waals surface area contributed by atoms with Crippen molar-refractivity contribution in [2.75, 3.05) is 5.32 Å². The van der Waals surface area contributed by atoms with E-state index in [-0.39, 0.29) is 10.8 Å². The van der Waals surface area contributed by atoms with Gasteiger partial charge in [-0.2, -0.15) is 18.3 Å². The number of aromatic nitrogens is 3. The summed E-state index contributed by atoms with van der Waals surface area (Å²) in [7, 11) is 1.80. The molecule has 2 heterocycles. The van der Waals surface area contributed by atoms with Crippen LogP contribution in [0.4, 0.5) is 19.0 Å². The summed E-state index contributed by atoms with van der Waals surface area (Å²) in [4.78, 5) is 3.78. The van der Waals surface area contributed by atoms with Crippen LogP contribution in [0, 0.1) is 0 Å². The van der Waals surface area contributed by atoms with Gasteiger partial charge in [0.1, 0.15) is 5.82 Å². The molecule has 0 spiro atoms. The maximum atomic E-state index is 12.7. The van der Waals surface area contributed by atoms with E-state index in [0.29, 0.717) is 6.54 Å². The number of hydrogen-bond donors (Lipinski definition) is 1. The fourth-order valence-electron chi connectivity index (χ4n) is 2.41. The maximum Gasteiger partial charge on any atom is 0.417 e. The van der Waals surface area contributed by atoms with Gasteiger partial charge >= 0.3 is 6.18 Å². The van der Waals surface area contributed by atoms with Gasteiger partial charge < -0.3 is 5.32 Å². The number of nitrogens with zero attached hydrogens (tertiary/aromatic N) is 3. The van der Waals surface area contributed by atoms with Gasteiger partial charge in [0, 0.05) is 37.1 Å². The molecule has 4 nitrogen and oxygen atoms in total. The molecule has 0 radical (unpaired) electrons. The molecule has 3 aromatic rings. The number of halogens is 4. The van der Waals surface area contributed by atoms with Crippen LogP contribution in [0.3, 0.4) is 0 Å². The topological polar surface area (TPSA) is 42.7 Å². The molecule has 25 heavy (non-hydrogen) atoms. The summed E-state index contributed by atoms with van der Waals surface area (Å²) in [6.45, 7) is 0.330. The minimum absolute atomic E-state index is 0.0834. The van der Waals surface area contributed by atoms with Gasteiger partial charge in [-0.25, -0.2) is 4.98 Å². The molecule has 1 aromatic carbocycles. The number of alkyl halides is 3. The fourth-order valence-corrected chi connectivity index (χ4v) is 2.64. The molecular formula is C17H14ClF3N4. The van der Waals surface area contributed by atoms with Gasteiger partial charge in [-0.3, -0.25) is 4.68 Å². The third-order valence-electron chi connectivity index (χ3n) is 3.57. The standard InChI is InChI=1S/C17H14ClF3N4/c1-25-10-12(15(24-25)11-5-3-2-4-6-11)8-22-16-14(18)7-13(9-23-16)17(19,20)21/h2-7,9-10H,8H2,1H3,(H,22,23). The molecular weight excluding hydrogens is 353 g/mol. The maximum absolute atomic E-state index is 12.7. The van der Waals surface area contributed by atoms with Gasteiger partial charge in [0.2, 0.25) is 0 Å². The molecule has 0 saturated heterocycles. The zero-order chi connectivity index (χ0) is 18.0. The number of pyridine rings is 1. The molecule has 130 valence electrons. The van der Waals surface area contributed by atoms with Crippen molar-refractivity contribution in [1.29, 1.82) is 0 Å². The van der Waals surface area contributed by atoms with Gasteiger partial charge in [-0.1, -0.05) is 41.9 Å². The van der Waals surface area contributed by atoms with Crippen molar-refractivity contribution in [3.63, 3.8) is 0 Å². The molecule has 1 N–H and O–H groups in total. The monoisotopic (exact) mass is 366 g/mol. The van der Waals surface area contributed by atoms with Crippen LogP contribution in [0.15, 0.2) is 48.8 Å². The van der Waals surface area contributed by atoms with Crippen molar-refractivity contribution in [3.8, 4) is 11.3 Å². The molecule has 8 heteroatoms. The lowest BCUT2D eigenvalue weighted by molar-refractivity contribution is -0.137. The molecule has 0 bridgehead atoms. The highest BCUT2D eigenvalue weighted by molar-refractivity contribution is 6.32. The Morgan fingerprint density at radius 2 is 1.92 bits per heavy atom. The lowest BCUT2D eigenvalue weighted by Crippen LogP contribution is -2.08. The van der Waals surface area contributed by atoms with Crippen LogP contribution < -0.4 is 5.32 Å². The molecule has 2 aromatic heterocycles. The van der Waals surface area contributed by atoms with Crippen LogP contribution in [-0.2, 0) is 19.8 Å². The Balaban J connectivity index is 1.81. The molecule has 0 unspecified atom stereocenters. The van der Waals surface area contributed by atoms with Crippen molar-refractivity contribution < 1.29 is 13.2 Å². The first-order valence-corrected chi connectivity index (χ1v) is 7.77. The zero-order valence-corrected chi connectivity index (χ0v) is 13.9. The predicted octanol–water partition coefficient (Wildman–Crippen LogP) is 4.77. The zero-order valence-electron chi connectivity index (χ0n) is 13.2. The van der Waals surface area contributed by atoms with E-state index in [0.717, 1.165) is 29.1 Å². The van der Waals surface area contributed by atoms with Crippen LogP contribution in [0.25, 0.3) is 11.3 Å². The normalized spacial score (nSPS) is 11.6. The molecule has 0 aliphatic heterocycles. The van der Waals surface area contributed by atoms with E-state index in [1.54, 1.807) is 11.7 Å². The number of rotatable bonds is 4. The van der Waals surface area contributed by atoms with Crippen LogP contribution in [0.5, 0.6) is 0 Å². The Morgan fingerprint density at radius 1 is 1.20 bits per heavy atom. The highest BCUT2D eigenvalue weighted by Crippen LogP contribution is 2.32. The molecule has 0 aliphatic rings. The second kappa shape index (κ2) is 6.76. The summed E-state index contributed by atoms with van der Waals surface area (Å²) in [5.41, 5.74) is 1.74. The highest BCUT2D eigenvalue weighted by atomic mass is 35.5. The number of aryl methyl sites for hydroxylation is 1. The first kappa shape index (κ1) is 17.3. The number of benzene rings is 1. The Kier molecular flexibility index (Phi) is 4.67. The van der Waals surface area contributed by atoms with E-state index in [2.05, 4.69) is 15.4 Å². The van der Waals surface area contributed by atoms with Gasteiger partial charge in [0.25, 0.3) is 0 Å². The van der Waals surface area contributed by atoms with E-state index < -0.39 is 11.7 Å². The van der Waals surface area contributed by atoms with Crippen molar-refractivity contribution in [3.05, 3.63) is 64.9 Å². The minimum atomic E-state index is -4.47. The SMILES string of the molecule is Cn1cc(CNc2ncc(C(F)(F)F)cc2Cl)c(-c2ccccc2)n1. The first-order chi connectivity index (χ1) is 11.8. The first-order valence-electron chi connectivity index (χ1n) is 7.39. The average molecular weight is 367 g/mol. The second-order valence-electron chi connectivity index (χ2n) is 5.45. The number of hydrogen-bond acceptors (Lipinski definition) is 3. The van der Waals surface area contributed by atoms with Crippen molar-refractivity contribution >= 4 is 17.4 Å². The average Bonchev–Trinajstić information content (AvgIpc) is 2.94. The molecule has 0 aliphatic carbocycles. The summed E-state index contributed by atoms with van der Waals surface area (Å²) in [6, 6.07) is 10.5. The van der Waals surface area contributed by atoms with E-state index >= 15 is 0 Å². The Bertz CT molecular complexity index is 875. The Labute approximate surface area is 147 Å². The Morgan fingerprint density at radius 3 is 2.56 bits per heavy atom. The van der Waals surface area contributed by atoms with E-state index in [9.17, 15) is 13.2 Å². The minimum Gasteiger partial charge on any atom is -0.365 e. The van der Waals surface area contributed by atoms with Crippen LogP contribution in [-0.4, -0.2) is 14.8 Å². The van der Waals surface area contributed by atoms with E-state index in [4.69, 9.17) is 11.6 Å². The summed E-state index contributed by atoms with van der Waals surface area (Å²) < 4.78 is 39.7. The van der Waals surface area contributed by atoms with Gasteiger partial charge in [-0.05, 0) is 6.07 Å². The van der Waals surface area contributed by atoms with Gasteiger partial charge in [0.05, 0.1) is 16.3 Å². The Hall–Kier alpha value is -2.54. The largest absolute Gasteiger partial charge is 0.417 e. The third-order valence-corrected chi connectivity index (χ3v) is 3.85. The third kappa shape index (κ3) is 3.93. The summed E-state index contributed by atoms with van der Waals surface area (Å²) in [6.07, 6.45) is -1.87. The lowest BCUT2D eigenvalue weighted by atomic mass is 10.1. The summed E-state index contributed by atoms with van der Waals surface area (Å²) in [5, 5.41) is 7.32. The van der Waals surface area contributed by atoms with Crippen molar-refractivity contribution in [2.24, 2.45) is 7.05 Å². The van der Waals surface area contributed by atoms with Gasteiger partial charge in [0.15, 0.2) is 0 Å². The van der Waals surface area contributed by atoms with E-state index in [1.807, 2.05) is 36.5 Å². The summed E-state index contributed by atoms with van der Waals surface area (Å²) >= 11 is 5.92. The van der Waals surface area contributed by atoms with Crippen molar-refractivity contribution in [1.82, 2.24) is 14.8 Å². The fraction of sp³-hybridized carbons (Fsp3) is 0.176. The van der Waals surface area contributed by atoms with Crippen LogP contribution >= 0.6 is 11.6 Å². The van der Waals surface area contributed by atoms with Gasteiger partial charge in [-0.15, -0.1) is 0 Å². The summed E-state index contributed by atoms with van der Waals surface area (Å²) in [5.74, 6) is 0.192. The molecule has 0 amide bonds. The number of anilines is 1. The smallest absolute Gasteiger partial charge is 0.365 e. The molecule has 0 saturated carbocycles. The van der Waals surface area contributed by atoms with Crippen LogP contribution in [0.1, 0.15) is 11.1 Å². The second-order valence-corrected chi connectivity index (χ2v) is 5.86. The predicted molar refractivity (Wildman–Crippen MR) is 90.2 cm³/mol. The lowest BCUT2D eigenvalue weighted by Gasteiger charge is -2.11. The highest BCUT2D eigenvalue weighted by Gasteiger charge is 2.31. The van der Waals surface area contributed by atoms with Crippen LogP contribution in [0.2, 0.25) is 5.02 Å². The molecule has 0 fully saturated rings. The van der Waals surface area contributed by atoms with Crippen molar-refractivity contribution in [2.45, 2.75) is 12.7 Å². The number of nitrogens with one attached hydrogen (secondary N) is 1. The molecule has 3 rings (SSSR count). The molecule has 0 atom stereocenters.